The Morgan fingerprint density at radius 1 is 1.14 bits per heavy atom. The third kappa shape index (κ3) is 5.48. The maximum Gasteiger partial charge on any atom is 0.214 e. The standard InChI is InChI=1S/C19H31N6O2PS/c1-19(2,3)28(24-7-11-26-12-8-24,25-9-13-27-14-10-25)23-18(29)22-21-16-17-5-4-6-20-15-17/h4-6,15-16H,7-14H2,1-3H3,(H,22,29)/b21-16+. The van der Waals surface area contributed by atoms with E-state index in [-0.39, 0.29) is 5.16 Å². The molecule has 0 aromatic carbocycles. The number of pyridine rings is 1. The molecular formula is C19H31N6O2PS. The Kier molecular flexibility index (Phi) is 7.90. The molecule has 2 aliphatic rings. The summed E-state index contributed by atoms with van der Waals surface area (Å²) in [5, 5.41) is 4.61. The number of hydrazone groups is 1. The zero-order valence-corrected chi connectivity index (χ0v) is 19.2. The van der Waals surface area contributed by atoms with Gasteiger partial charge in [0.1, 0.15) is 7.36 Å². The number of aromatic nitrogens is 1. The molecule has 0 atom stereocenters. The smallest absolute Gasteiger partial charge is 0.214 e. The number of ether oxygens (including phenoxy) is 2. The van der Waals surface area contributed by atoms with Gasteiger partial charge >= 0.3 is 0 Å². The third-order valence-electron chi connectivity index (χ3n) is 4.95. The number of nitrogens with zero attached hydrogens (tertiary/aromatic N) is 5. The van der Waals surface area contributed by atoms with Gasteiger partial charge in [0.25, 0.3) is 0 Å². The van der Waals surface area contributed by atoms with Gasteiger partial charge in [-0.1, -0.05) is 26.8 Å². The van der Waals surface area contributed by atoms with Crippen LogP contribution in [0.1, 0.15) is 26.3 Å². The topological polar surface area (TPSA) is 74.6 Å². The van der Waals surface area contributed by atoms with Crippen LogP contribution in [0.15, 0.2) is 34.4 Å². The molecule has 1 aromatic rings. The van der Waals surface area contributed by atoms with Crippen LogP contribution >= 0.6 is 19.6 Å². The number of hydrogen-bond acceptors (Lipinski definition) is 5. The molecule has 2 fully saturated rings. The highest BCUT2D eigenvalue weighted by molar-refractivity contribution is 7.81. The Labute approximate surface area is 178 Å². The summed E-state index contributed by atoms with van der Waals surface area (Å²) in [5.74, 6) is 0. The fourth-order valence-corrected chi connectivity index (χ4v) is 8.47. The molecular weight excluding hydrogens is 407 g/mol. The lowest BCUT2D eigenvalue weighted by atomic mass is 10.3. The van der Waals surface area contributed by atoms with Crippen LogP contribution in [0, 0.1) is 0 Å². The molecule has 0 amide bonds. The summed E-state index contributed by atoms with van der Waals surface area (Å²) in [5.41, 5.74) is 3.86. The average molecular weight is 439 g/mol. The molecule has 3 heterocycles. The van der Waals surface area contributed by atoms with Crippen LogP contribution in [-0.2, 0) is 9.47 Å². The van der Waals surface area contributed by atoms with Crippen molar-refractivity contribution in [3.8, 4) is 0 Å². The van der Waals surface area contributed by atoms with E-state index in [1.54, 1.807) is 18.6 Å². The van der Waals surface area contributed by atoms with E-state index < -0.39 is 7.36 Å². The van der Waals surface area contributed by atoms with E-state index in [2.05, 4.69) is 45.6 Å². The van der Waals surface area contributed by atoms with Gasteiger partial charge in [-0.25, -0.2) is 4.74 Å². The Hall–Kier alpha value is -1.22. The first-order valence-corrected chi connectivity index (χ1v) is 12.0. The second-order valence-corrected chi connectivity index (χ2v) is 12.1. The third-order valence-corrected chi connectivity index (χ3v) is 9.93. The van der Waals surface area contributed by atoms with Crippen molar-refractivity contribution in [1.82, 2.24) is 19.8 Å². The average Bonchev–Trinajstić information content (AvgIpc) is 2.73. The Morgan fingerprint density at radius 3 is 2.21 bits per heavy atom. The molecule has 160 valence electrons. The molecule has 3 rings (SSSR count). The number of hydrogen-bond donors (Lipinski definition) is 1. The second kappa shape index (κ2) is 10.2. The lowest BCUT2D eigenvalue weighted by Gasteiger charge is -2.52. The van der Waals surface area contributed by atoms with Gasteiger partial charge in [-0.05, 0) is 18.3 Å². The van der Waals surface area contributed by atoms with Crippen molar-refractivity contribution >= 4 is 30.9 Å². The van der Waals surface area contributed by atoms with Crippen LogP contribution in [0.4, 0.5) is 0 Å². The minimum atomic E-state index is -2.16. The molecule has 0 saturated carbocycles. The van der Waals surface area contributed by atoms with Crippen LogP contribution in [0.3, 0.4) is 0 Å². The normalized spacial score (nSPS) is 20.0. The monoisotopic (exact) mass is 438 g/mol. The van der Waals surface area contributed by atoms with Crippen molar-refractivity contribution in [2.75, 3.05) is 52.6 Å². The molecule has 10 heteroatoms. The van der Waals surface area contributed by atoms with Gasteiger partial charge in [-0.3, -0.25) is 19.8 Å². The first kappa shape index (κ1) is 22.5. The summed E-state index contributed by atoms with van der Waals surface area (Å²) in [7, 11) is -2.16. The van der Waals surface area contributed by atoms with Crippen molar-refractivity contribution in [2.24, 2.45) is 9.85 Å². The largest absolute Gasteiger partial charge is 0.379 e. The molecule has 0 radical (unpaired) electrons. The second-order valence-electron chi connectivity index (χ2n) is 7.93. The zero-order chi connectivity index (χ0) is 20.7. The van der Waals surface area contributed by atoms with Gasteiger partial charge in [0.15, 0.2) is 0 Å². The number of morpholine rings is 2. The molecule has 1 N–H and O–H groups in total. The van der Waals surface area contributed by atoms with E-state index in [4.69, 9.17) is 26.4 Å². The zero-order valence-electron chi connectivity index (χ0n) is 17.5. The van der Waals surface area contributed by atoms with E-state index in [0.29, 0.717) is 5.11 Å². The Morgan fingerprint density at radius 2 is 1.72 bits per heavy atom. The molecule has 29 heavy (non-hydrogen) atoms. The summed E-state index contributed by atoms with van der Waals surface area (Å²) in [6.45, 7) is 13.1. The van der Waals surface area contributed by atoms with Crippen LogP contribution in [0.5, 0.6) is 0 Å². The summed E-state index contributed by atoms with van der Waals surface area (Å²) in [6, 6.07) is 3.81. The van der Waals surface area contributed by atoms with Crippen molar-refractivity contribution in [3.05, 3.63) is 30.1 Å². The van der Waals surface area contributed by atoms with Gasteiger partial charge in [0, 0.05) is 49.3 Å². The van der Waals surface area contributed by atoms with E-state index in [0.717, 1.165) is 58.2 Å². The summed E-state index contributed by atoms with van der Waals surface area (Å²) >= 11 is 5.63. The van der Waals surface area contributed by atoms with E-state index in [1.165, 1.54) is 0 Å². The van der Waals surface area contributed by atoms with E-state index in [1.807, 2.05) is 12.1 Å². The first-order chi connectivity index (χ1) is 13.9. The van der Waals surface area contributed by atoms with Gasteiger partial charge in [0.2, 0.25) is 5.11 Å². The minimum Gasteiger partial charge on any atom is -0.379 e. The molecule has 0 bridgehead atoms. The minimum absolute atomic E-state index is 0.0829. The molecule has 2 aliphatic heterocycles. The molecule has 0 aliphatic carbocycles. The maximum atomic E-state index is 5.63. The van der Waals surface area contributed by atoms with Crippen molar-refractivity contribution < 1.29 is 9.47 Å². The molecule has 8 nitrogen and oxygen atoms in total. The Bertz CT molecular complexity index is 734. The van der Waals surface area contributed by atoms with E-state index >= 15 is 0 Å². The van der Waals surface area contributed by atoms with Crippen LogP contribution in [0.25, 0.3) is 0 Å². The lowest BCUT2D eigenvalue weighted by Crippen LogP contribution is -2.48. The van der Waals surface area contributed by atoms with Crippen molar-refractivity contribution in [2.45, 2.75) is 25.9 Å². The molecule has 1 aromatic heterocycles. The SMILES string of the molecule is CC(C)(C)P(=NC(=S)N/N=C/c1cccnc1)(N1CCOCC1)N1CCOCC1. The molecule has 2 saturated heterocycles. The fraction of sp³-hybridized carbons (Fsp3) is 0.632. The van der Waals surface area contributed by atoms with E-state index in [9.17, 15) is 0 Å². The van der Waals surface area contributed by atoms with Gasteiger partial charge in [-0.15, -0.1) is 0 Å². The predicted molar refractivity (Wildman–Crippen MR) is 121 cm³/mol. The number of nitrogens with one attached hydrogen (secondary N) is 1. The maximum absolute atomic E-state index is 5.63. The van der Waals surface area contributed by atoms with Crippen LogP contribution < -0.4 is 5.43 Å². The van der Waals surface area contributed by atoms with Crippen LogP contribution in [-0.4, -0.2) is 83.4 Å². The van der Waals surface area contributed by atoms with Crippen molar-refractivity contribution in [3.63, 3.8) is 0 Å². The highest BCUT2D eigenvalue weighted by atomic mass is 32.1. The fourth-order valence-electron chi connectivity index (χ4n) is 3.73. The lowest BCUT2D eigenvalue weighted by molar-refractivity contribution is 0.0551. The first-order valence-electron chi connectivity index (χ1n) is 9.95. The number of thiocarbonyl (C=S) groups is 1. The van der Waals surface area contributed by atoms with Crippen LogP contribution in [0.2, 0.25) is 0 Å². The number of rotatable bonds is 4. The molecule has 0 unspecified atom stereocenters. The summed E-state index contributed by atoms with van der Waals surface area (Å²) in [4.78, 5) is 4.09. The highest BCUT2D eigenvalue weighted by Gasteiger charge is 2.45. The summed E-state index contributed by atoms with van der Waals surface area (Å²) in [6.07, 6.45) is 5.19. The van der Waals surface area contributed by atoms with Gasteiger partial charge < -0.3 is 9.47 Å². The molecule has 0 spiro atoms. The van der Waals surface area contributed by atoms with Crippen molar-refractivity contribution in [1.29, 1.82) is 0 Å². The highest BCUT2D eigenvalue weighted by Crippen LogP contribution is 2.66. The van der Waals surface area contributed by atoms with Gasteiger partial charge in [-0.2, -0.15) is 5.10 Å². The Balaban J connectivity index is 1.91. The van der Waals surface area contributed by atoms with Gasteiger partial charge in [0.05, 0.1) is 32.6 Å². The predicted octanol–water partition coefficient (Wildman–Crippen LogP) is 2.78. The summed E-state index contributed by atoms with van der Waals surface area (Å²) < 4.78 is 21.5. The quantitative estimate of drug-likeness (QED) is 0.335.